The van der Waals surface area contributed by atoms with Crippen molar-refractivity contribution in [3.05, 3.63) is 24.3 Å². The number of amides is 1. The lowest BCUT2D eigenvalue weighted by Gasteiger charge is -2.08. The zero-order valence-electron chi connectivity index (χ0n) is 11.7. The number of anilines is 1. The molecule has 0 spiro atoms. The van der Waals surface area contributed by atoms with Gasteiger partial charge in [0, 0.05) is 24.2 Å². The number of nitrogens with one attached hydrogen (secondary N) is 1. The minimum Gasteiger partial charge on any atom is -0.492 e. The van der Waals surface area contributed by atoms with Crippen molar-refractivity contribution >= 4 is 11.6 Å². The Labute approximate surface area is 119 Å². The quantitative estimate of drug-likeness (QED) is 0.866. The van der Waals surface area contributed by atoms with Crippen LogP contribution in [0.5, 0.6) is 5.75 Å². The first-order chi connectivity index (χ1) is 9.79. The highest BCUT2D eigenvalue weighted by molar-refractivity contribution is 5.95. The number of rotatable bonds is 5. The van der Waals surface area contributed by atoms with Crippen LogP contribution in [0.2, 0.25) is 0 Å². The number of nitrogens with two attached hydrogens (primary N) is 1. The van der Waals surface area contributed by atoms with E-state index in [4.69, 9.17) is 10.5 Å². The number of carbonyl (C=O) groups excluding carboxylic acids is 1. The fourth-order valence-electron chi connectivity index (χ4n) is 3.45. The van der Waals surface area contributed by atoms with Gasteiger partial charge < -0.3 is 15.8 Å². The van der Waals surface area contributed by atoms with E-state index in [0.29, 0.717) is 25.0 Å². The van der Waals surface area contributed by atoms with Crippen molar-refractivity contribution in [2.75, 3.05) is 18.5 Å². The summed E-state index contributed by atoms with van der Waals surface area (Å²) >= 11 is 0. The maximum Gasteiger partial charge on any atom is 0.228 e. The van der Waals surface area contributed by atoms with Crippen molar-refractivity contribution in [2.45, 2.75) is 25.7 Å². The van der Waals surface area contributed by atoms with E-state index in [-0.39, 0.29) is 11.8 Å². The topological polar surface area (TPSA) is 64.3 Å². The molecular weight excluding hydrogens is 252 g/mol. The third-order valence-electron chi connectivity index (χ3n) is 4.45. The monoisotopic (exact) mass is 274 g/mol. The molecule has 2 atom stereocenters. The third-order valence-corrected chi connectivity index (χ3v) is 4.45. The lowest BCUT2D eigenvalue weighted by Crippen LogP contribution is -2.15. The summed E-state index contributed by atoms with van der Waals surface area (Å²) in [5.41, 5.74) is 6.23. The Hall–Kier alpha value is -1.55. The van der Waals surface area contributed by atoms with Crippen molar-refractivity contribution in [2.24, 2.45) is 23.5 Å². The summed E-state index contributed by atoms with van der Waals surface area (Å²) in [6.45, 7) is 0.978. The Morgan fingerprint density at radius 3 is 2.75 bits per heavy atom. The average molecular weight is 274 g/mol. The molecule has 2 aliphatic carbocycles. The Bertz CT molecular complexity index is 477. The van der Waals surface area contributed by atoms with Crippen molar-refractivity contribution in [1.82, 2.24) is 0 Å². The van der Waals surface area contributed by atoms with Gasteiger partial charge in [-0.1, -0.05) is 18.9 Å². The van der Waals surface area contributed by atoms with E-state index >= 15 is 0 Å². The number of carbonyl (C=O) groups is 1. The SMILES string of the molecule is NCCOc1cccc(NC(=O)C2C3CCCCC32)c1. The maximum atomic E-state index is 12.3. The minimum absolute atomic E-state index is 0.179. The Balaban J connectivity index is 1.58. The summed E-state index contributed by atoms with van der Waals surface area (Å²) < 4.78 is 5.47. The molecule has 0 bridgehead atoms. The second kappa shape index (κ2) is 5.83. The van der Waals surface area contributed by atoms with Crippen LogP contribution in [0.15, 0.2) is 24.3 Å². The second-order valence-corrected chi connectivity index (χ2v) is 5.79. The highest BCUT2D eigenvalue weighted by Gasteiger charge is 2.54. The molecule has 0 aliphatic heterocycles. The van der Waals surface area contributed by atoms with Crippen LogP contribution in [0.25, 0.3) is 0 Å². The smallest absolute Gasteiger partial charge is 0.228 e. The average Bonchev–Trinajstić information content (AvgIpc) is 3.20. The van der Waals surface area contributed by atoms with Crippen molar-refractivity contribution in [3.63, 3.8) is 0 Å². The summed E-state index contributed by atoms with van der Waals surface area (Å²) in [7, 11) is 0. The van der Waals surface area contributed by atoms with E-state index in [1.807, 2.05) is 24.3 Å². The molecule has 0 saturated heterocycles. The first-order valence-corrected chi connectivity index (χ1v) is 7.53. The van der Waals surface area contributed by atoms with E-state index in [1.165, 1.54) is 25.7 Å². The lowest BCUT2D eigenvalue weighted by molar-refractivity contribution is -0.117. The van der Waals surface area contributed by atoms with Gasteiger partial charge >= 0.3 is 0 Å². The van der Waals surface area contributed by atoms with E-state index in [0.717, 1.165) is 11.4 Å². The van der Waals surface area contributed by atoms with E-state index in [9.17, 15) is 4.79 Å². The molecule has 108 valence electrons. The Morgan fingerprint density at radius 2 is 2.05 bits per heavy atom. The van der Waals surface area contributed by atoms with Gasteiger partial charge in [0.25, 0.3) is 0 Å². The summed E-state index contributed by atoms with van der Waals surface area (Å²) in [6, 6.07) is 7.53. The number of hydrogen-bond donors (Lipinski definition) is 2. The molecule has 4 heteroatoms. The fraction of sp³-hybridized carbons (Fsp3) is 0.562. The van der Waals surface area contributed by atoms with Gasteiger partial charge in [-0.2, -0.15) is 0 Å². The molecule has 3 rings (SSSR count). The molecule has 2 aliphatic rings. The second-order valence-electron chi connectivity index (χ2n) is 5.79. The number of hydrogen-bond acceptors (Lipinski definition) is 3. The van der Waals surface area contributed by atoms with Gasteiger partial charge in [-0.15, -0.1) is 0 Å². The standard InChI is InChI=1S/C16H22N2O2/c17-8-9-20-12-5-3-4-11(10-12)18-16(19)15-13-6-1-2-7-14(13)15/h3-5,10,13-15H,1-2,6-9,17H2,(H,18,19). The van der Waals surface area contributed by atoms with E-state index < -0.39 is 0 Å². The Morgan fingerprint density at radius 1 is 1.30 bits per heavy atom. The van der Waals surface area contributed by atoms with Gasteiger partial charge in [0.05, 0.1) is 0 Å². The molecule has 2 unspecified atom stereocenters. The third kappa shape index (κ3) is 2.80. The first kappa shape index (κ1) is 13.4. The van der Waals surface area contributed by atoms with Crippen LogP contribution in [-0.2, 0) is 4.79 Å². The zero-order chi connectivity index (χ0) is 13.9. The largest absolute Gasteiger partial charge is 0.492 e. The Kier molecular flexibility index (Phi) is 3.92. The van der Waals surface area contributed by atoms with Crippen LogP contribution in [0.4, 0.5) is 5.69 Å². The van der Waals surface area contributed by atoms with E-state index in [1.54, 1.807) is 0 Å². The molecule has 3 N–H and O–H groups in total. The molecule has 0 heterocycles. The van der Waals surface area contributed by atoms with Crippen molar-refractivity contribution in [3.8, 4) is 5.75 Å². The van der Waals surface area contributed by atoms with Crippen LogP contribution in [-0.4, -0.2) is 19.1 Å². The van der Waals surface area contributed by atoms with Gasteiger partial charge in [-0.25, -0.2) is 0 Å². The van der Waals surface area contributed by atoms with Gasteiger partial charge in [0.1, 0.15) is 12.4 Å². The van der Waals surface area contributed by atoms with Gasteiger partial charge in [0.2, 0.25) is 5.91 Å². The summed E-state index contributed by atoms with van der Waals surface area (Å²) in [5.74, 6) is 2.45. The predicted molar refractivity (Wildman–Crippen MR) is 78.6 cm³/mol. The molecule has 20 heavy (non-hydrogen) atoms. The van der Waals surface area contributed by atoms with Crippen LogP contribution in [0.3, 0.4) is 0 Å². The maximum absolute atomic E-state index is 12.3. The van der Waals surface area contributed by atoms with Crippen LogP contribution in [0, 0.1) is 17.8 Å². The summed E-state index contributed by atoms with van der Waals surface area (Å²) in [4.78, 5) is 12.3. The van der Waals surface area contributed by atoms with Gasteiger partial charge in [0.15, 0.2) is 0 Å². The molecule has 2 fully saturated rings. The fourth-order valence-corrected chi connectivity index (χ4v) is 3.45. The van der Waals surface area contributed by atoms with Crippen LogP contribution >= 0.6 is 0 Å². The predicted octanol–water partition coefficient (Wildman–Crippen LogP) is 2.40. The molecule has 0 radical (unpaired) electrons. The normalized spacial score (nSPS) is 27.6. The van der Waals surface area contributed by atoms with E-state index in [2.05, 4.69) is 5.32 Å². The number of ether oxygens (including phenoxy) is 1. The molecule has 1 aromatic carbocycles. The summed E-state index contributed by atoms with van der Waals surface area (Å²) in [6.07, 6.45) is 5.02. The molecule has 1 aromatic rings. The summed E-state index contributed by atoms with van der Waals surface area (Å²) in [5, 5.41) is 3.03. The molecule has 4 nitrogen and oxygen atoms in total. The number of fused-ring (bicyclic) bond motifs is 1. The molecule has 2 saturated carbocycles. The minimum atomic E-state index is 0.179. The zero-order valence-corrected chi connectivity index (χ0v) is 11.7. The first-order valence-electron chi connectivity index (χ1n) is 7.53. The lowest BCUT2D eigenvalue weighted by atomic mass is 10.0. The van der Waals surface area contributed by atoms with Crippen LogP contribution < -0.4 is 15.8 Å². The van der Waals surface area contributed by atoms with Crippen LogP contribution in [0.1, 0.15) is 25.7 Å². The molecule has 0 aromatic heterocycles. The van der Waals surface area contributed by atoms with Gasteiger partial charge in [-0.05, 0) is 36.8 Å². The van der Waals surface area contributed by atoms with Gasteiger partial charge in [-0.3, -0.25) is 4.79 Å². The van der Waals surface area contributed by atoms with Crippen molar-refractivity contribution in [1.29, 1.82) is 0 Å². The highest BCUT2D eigenvalue weighted by atomic mass is 16.5. The van der Waals surface area contributed by atoms with Crippen molar-refractivity contribution < 1.29 is 9.53 Å². The highest BCUT2D eigenvalue weighted by Crippen LogP contribution is 2.55. The molecule has 1 amide bonds. The number of benzene rings is 1. The molecular formula is C16H22N2O2.